The van der Waals surface area contributed by atoms with Crippen molar-refractivity contribution in [3.63, 3.8) is 0 Å². The van der Waals surface area contributed by atoms with Crippen molar-refractivity contribution in [2.24, 2.45) is 0 Å². The highest BCUT2D eigenvalue weighted by molar-refractivity contribution is 5.88. The number of benzene rings is 1. The van der Waals surface area contributed by atoms with Crippen molar-refractivity contribution in [3.05, 3.63) is 29.3 Å². The number of carbonyl (C=O) groups excluding carboxylic acids is 3. The van der Waals surface area contributed by atoms with Crippen LogP contribution < -0.4 is 5.32 Å². The van der Waals surface area contributed by atoms with Crippen LogP contribution in [-0.4, -0.2) is 31.1 Å². The van der Waals surface area contributed by atoms with Gasteiger partial charge in [0.15, 0.2) is 0 Å². The third kappa shape index (κ3) is 5.55. The Hall–Kier alpha value is -2.37. The zero-order valence-corrected chi connectivity index (χ0v) is 13.3. The van der Waals surface area contributed by atoms with Gasteiger partial charge in [0.2, 0.25) is 0 Å². The van der Waals surface area contributed by atoms with Crippen molar-refractivity contribution >= 4 is 24.0 Å². The molecule has 1 amide bonds. The molecule has 0 aliphatic rings. The minimum absolute atomic E-state index is 0.0361. The smallest absolute Gasteiger partial charge is 0.412 e. The Bertz CT molecular complexity index is 560. The number of ether oxygens (including phenoxy) is 2. The fraction of sp³-hybridized carbons (Fsp3) is 0.438. The van der Waals surface area contributed by atoms with Gasteiger partial charge >= 0.3 is 12.1 Å². The van der Waals surface area contributed by atoms with Gasteiger partial charge in [0.05, 0.1) is 13.5 Å². The number of aldehydes is 1. The van der Waals surface area contributed by atoms with Crippen LogP contribution in [0.15, 0.2) is 18.2 Å². The number of methoxy groups -OCH3 is 1. The van der Waals surface area contributed by atoms with Gasteiger partial charge in [0.1, 0.15) is 11.9 Å². The van der Waals surface area contributed by atoms with E-state index in [2.05, 4.69) is 10.1 Å². The van der Waals surface area contributed by atoms with Crippen LogP contribution in [-0.2, 0) is 31.9 Å². The van der Waals surface area contributed by atoms with Crippen molar-refractivity contribution in [1.29, 1.82) is 0 Å². The largest absolute Gasteiger partial charge is 0.469 e. The third-order valence-electron chi connectivity index (χ3n) is 2.76. The third-order valence-corrected chi connectivity index (χ3v) is 2.76. The quantitative estimate of drug-likeness (QED) is 0.667. The lowest BCUT2D eigenvalue weighted by molar-refractivity contribution is -0.139. The van der Waals surface area contributed by atoms with Crippen LogP contribution in [0.2, 0.25) is 0 Å². The number of anilines is 1. The molecular weight excluding hydrogens is 286 g/mol. The van der Waals surface area contributed by atoms with E-state index in [1.807, 2.05) is 0 Å². The average Bonchev–Trinajstić information content (AvgIpc) is 2.40. The van der Waals surface area contributed by atoms with Gasteiger partial charge in [0, 0.05) is 12.1 Å². The van der Waals surface area contributed by atoms with E-state index in [4.69, 9.17) is 4.74 Å². The van der Waals surface area contributed by atoms with Gasteiger partial charge in [-0.05, 0) is 38.0 Å². The number of esters is 1. The van der Waals surface area contributed by atoms with E-state index in [1.54, 1.807) is 39.0 Å². The van der Waals surface area contributed by atoms with Crippen molar-refractivity contribution < 1.29 is 23.9 Å². The highest BCUT2D eigenvalue weighted by Gasteiger charge is 2.19. The first-order valence-corrected chi connectivity index (χ1v) is 6.88. The SMILES string of the molecule is COC(=O)Cc1c(CC=O)cccc1NC(=O)OC(C)(C)C. The molecule has 0 atom stereocenters. The van der Waals surface area contributed by atoms with E-state index in [0.29, 0.717) is 16.8 Å². The van der Waals surface area contributed by atoms with Gasteiger partial charge < -0.3 is 14.3 Å². The molecule has 0 bridgehead atoms. The van der Waals surface area contributed by atoms with Gasteiger partial charge in [-0.2, -0.15) is 0 Å². The highest BCUT2D eigenvalue weighted by atomic mass is 16.6. The first kappa shape index (κ1) is 17.7. The number of nitrogens with one attached hydrogen (secondary N) is 1. The van der Waals surface area contributed by atoms with Crippen LogP contribution in [0.5, 0.6) is 0 Å². The van der Waals surface area contributed by atoms with Gasteiger partial charge in [-0.15, -0.1) is 0 Å². The second-order valence-corrected chi connectivity index (χ2v) is 5.69. The molecule has 1 aromatic rings. The molecule has 1 aromatic carbocycles. The zero-order valence-electron chi connectivity index (χ0n) is 13.3. The Morgan fingerprint density at radius 2 is 1.95 bits per heavy atom. The number of carbonyl (C=O) groups is 3. The number of hydrogen-bond acceptors (Lipinski definition) is 5. The minimum atomic E-state index is -0.632. The molecule has 0 aliphatic heterocycles. The lowest BCUT2D eigenvalue weighted by Crippen LogP contribution is -2.27. The summed E-state index contributed by atoms with van der Waals surface area (Å²) >= 11 is 0. The van der Waals surface area contributed by atoms with E-state index in [0.717, 1.165) is 6.29 Å². The lowest BCUT2D eigenvalue weighted by Gasteiger charge is -2.21. The molecule has 0 aromatic heterocycles. The predicted octanol–water partition coefficient (Wildman–Crippen LogP) is 2.49. The van der Waals surface area contributed by atoms with Crippen LogP contribution in [0.3, 0.4) is 0 Å². The molecule has 120 valence electrons. The Morgan fingerprint density at radius 1 is 1.27 bits per heavy atom. The van der Waals surface area contributed by atoms with E-state index < -0.39 is 17.7 Å². The second-order valence-electron chi connectivity index (χ2n) is 5.69. The maximum atomic E-state index is 11.9. The fourth-order valence-corrected chi connectivity index (χ4v) is 1.87. The van der Waals surface area contributed by atoms with E-state index in [-0.39, 0.29) is 12.8 Å². The average molecular weight is 307 g/mol. The number of amides is 1. The molecule has 6 nitrogen and oxygen atoms in total. The summed E-state index contributed by atoms with van der Waals surface area (Å²) in [6.45, 7) is 5.26. The van der Waals surface area contributed by atoms with Crippen LogP contribution in [0.4, 0.5) is 10.5 Å². The summed E-state index contributed by atoms with van der Waals surface area (Å²) in [5, 5.41) is 2.61. The molecule has 0 radical (unpaired) electrons. The van der Waals surface area contributed by atoms with Crippen LogP contribution in [0.25, 0.3) is 0 Å². The Morgan fingerprint density at radius 3 is 2.50 bits per heavy atom. The van der Waals surface area contributed by atoms with Crippen molar-refractivity contribution in [2.75, 3.05) is 12.4 Å². The van der Waals surface area contributed by atoms with Crippen LogP contribution in [0.1, 0.15) is 31.9 Å². The Labute approximate surface area is 129 Å². The molecule has 0 fully saturated rings. The summed E-state index contributed by atoms with van der Waals surface area (Å²) in [5.74, 6) is -0.453. The van der Waals surface area contributed by atoms with Crippen LogP contribution >= 0.6 is 0 Å². The summed E-state index contributed by atoms with van der Waals surface area (Å²) in [7, 11) is 1.28. The topological polar surface area (TPSA) is 81.7 Å². The van der Waals surface area contributed by atoms with Gasteiger partial charge in [-0.25, -0.2) is 4.79 Å². The van der Waals surface area contributed by atoms with E-state index in [9.17, 15) is 14.4 Å². The van der Waals surface area contributed by atoms with Crippen molar-refractivity contribution in [3.8, 4) is 0 Å². The summed E-state index contributed by atoms with van der Waals surface area (Å²) in [4.78, 5) is 34.2. The maximum Gasteiger partial charge on any atom is 0.412 e. The fourth-order valence-electron chi connectivity index (χ4n) is 1.87. The molecule has 1 rings (SSSR count). The van der Waals surface area contributed by atoms with Crippen molar-refractivity contribution in [2.45, 2.75) is 39.2 Å². The predicted molar refractivity (Wildman–Crippen MR) is 81.8 cm³/mol. The molecule has 22 heavy (non-hydrogen) atoms. The first-order chi connectivity index (χ1) is 10.3. The van der Waals surface area contributed by atoms with Gasteiger partial charge in [-0.3, -0.25) is 10.1 Å². The molecular formula is C16H21NO5. The molecule has 0 heterocycles. The summed E-state index contributed by atoms with van der Waals surface area (Å²) in [6, 6.07) is 5.08. The highest BCUT2D eigenvalue weighted by Crippen LogP contribution is 2.22. The summed E-state index contributed by atoms with van der Waals surface area (Å²) < 4.78 is 9.85. The summed E-state index contributed by atoms with van der Waals surface area (Å²) in [6.07, 6.45) is 0.233. The van der Waals surface area contributed by atoms with Crippen molar-refractivity contribution in [1.82, 2.24) is 0 Å². The minimum Gasteiger partial charge on any atom is -0.469 e. The van der Waals surface area contributed by atoms with Gasteiger partial charge in [-0.1, -0.05) is 12.1 Å². The number of rotatable bonds is 5. The zero-order chi connectivity index (χ0) is 16.8. The molecule has 0 spiro atoms. The Kier molecular flexibility index (Phi) is 6.10. The van der Waals surface area contributed by atoms with Crippen LogP contribution in [0, 0.1) is 0 Å². The maximum absolute atomic E-state index is 11.9. The molecule has 0 unspecified atom stereocenters. The molecule has 0 saturated carbocycles. The standard InChI is InChI=1S/C16H21NO5/c1-16(2,3)22-15(20)17-13-7-5-6-11(8-9-18)12(13)10-14(19)21-4/h5-7,9H,8,10H2,1-4H3,(H,17,20). The Balaban J connectivity index is 3.06. The molecule has 1 N–H and O–H groups in total. The first-order valence-electron chi connectivity index (χ1n) is 6.88. The monoisotopic (exact) mass is 307 g/mol. The molecule has 6 heteroatoms. The van der Waals surface area contributed by atoms with E-state index >= 15 is 0 Å². The van der Waals surface area contributed by atoms with Gasteiger partial charge in [0.25, 0.3) is 0 Å². The number of hydrogen-bond donors (Lipinski definition) is 1. The molecule has 0 aliphatic carbocycles. The second kappa shape index (κ2) is 7.59. The normalized spacial score (nSPS) is 10.7. The summed E-state index contributed by atoms with van der Waals surface area (Å²) in [5.41, 5.74) is 1.01. The lowest BCUT2D eigenvalue weighted by atomic mass is 10.00. The molecule has 0 saturated heterocycles. The van der Waals surface area contributed by atoms with E-state index in [1.165, 1.54) is 7.11 Å².